The average Bonchev–Trinajstić information content (AvgIpc) is 2.41. The smallest absolute Gasteiger partial charge is 0.0664 e. The fourth-order valence-electron chi connectivity index (χ4n) is 2.95. The highest BCUT2D eigenvalue weighted by Crippen LogP contribution is 2.34. The third-order valence-electron chi connectivity index (χ3n) is 4.03. The predicted molar refractivity (Wildman–Crippen MR) is 83.0 cm³/mol. The summed E-state index contributed by atoms with van der Waals surface area (Å²) in [5.41, 5.74) is 5.53. The van der Waals surface area contributed by atoms with E-state index in [-0.39, 0.29) is 17.9 Å². The van der Waals surface area contributed by atoms with Gasteiger partial charge in [-0.1, -0.05) is 54.1 Å². The first-order chi connectivity index (χ1) is 8.70. The van der Waals surface area contributed by atoms with Gasteiger partial charge in [-0.2, -0.15) is 0 Å². The Labute approximate surface area is 121 Å². The van der Waals surface area contributed by atoms with Gasteiger partial charge in [-0.05, 0) is 37.0 Å². The molecule has 2 aromatic rings. The third-order valence-corrected chi connectivity index (χ3v) is 4.03. The summed E-state index contributed by atoms with van der Waals surface area (Å²) in [4.78, 5) is 0. The molecule has 0 bridgehead atoms. The maximum atomic E-state index is 3.70. The number of halogens is 1. The van der Waals surface area contributed by atoms with Crippen LogP contribution in [0.3, 0.4) is 0 Å². The number of rotatable bonds is 1. The standard InChI is InChI=1S/C17H19N.ClH/c1-13-8-9-14-10-11-18-17(2,16(14)12-13)15-6-4-3-5-7-15;/h3-9,12,18H,10-11H2,1-2H3;1H. The molecule has 0 saturated heterocycles. The summed E-state index contributed by atoms with van der Waals surface area (Å²) in [6.07, 6.45) is 1.12. The zero-order valence-corrected chi connectivity index (χ0v) is 12.3. The van der Waals surface area contributed by atoms with E-state index in [0.717, 1.165) is 13.0 Å². The van der Waals surface area contributed by atoms with Gasteiger partial charge >= 0.3 is 0 Å². The lowest BCUT2D eigenvalue weighted by molar-refractivity contribution is 0.414. The minimum absolute atomic E-state index is 0. The van der Waals surface area contributed by atoms with Crippen LogP contribution in [0.15, 0.2) is 48.5 Å². The van der Waals surface area contributed by atoms with E-state index in [1.807, 2.05) is 0 Å². The summed E-state index contributed by atoms with van der Waals surface area (Å²) in [5, 5.41) is 3.70. The number of aryl methyl sites for hydroxylation is 1. The molecule has 1 aliphatic rings. The van der Waals surface area contributed by atoms with Crippen molar-refractivity contribution in [3.63, 3.8) is 0 Å². The van der Waals surface area contributed by atoms with Crippen molar-refractivity contribution >= 4 is 12.4 Å². The Morgan fingerprint density at radius 2 is 1.79 bits per heavy atom. The predicted octanol–water partition coefficient (Wildman–Crippen LogP) is 3.83. The minimum atomic E-state index is -0.0547. The molecular formula is C17H20ClN. The first kappa shape index (κ1) is 14.1. The highest BCUT2D eigenvalue weighted by Gasteiger charge is 2.32. The zero-order chi connectivity index (χ0) is 12.6. The van der Waals surface area contributed by atoms with Gasteiger partial charge in [0.05, 0.1) is 5.54 Å². The summed E-state index contributed by atoms with van der Waals surface area (Å²) < 4.78 is 0. The summed E-state index contributed by atoms with van der Waals surface area (Å²) in [6, 6.07) is 17.6. The molecule has 2 heteroatoms. The molecule has 3 rings (SSSR count). The molecule has 0 aromatic heterocycles. The Kier molecular flexibility index (Phi) is 3.98. The Balaban J connectivity index is 0.00000133. The Bertz CT molecular complexity index is 565. The van der Waals surface area contributed by atoms with Crippen molar-refractivity contribution in [2.45, 2.75) is 25.8 Å². The molecule has 1 unspecified atom stereocenters. The molecule has 0 fully saturated rings. The summed E-state index contributed by atoms with van der Waals surface area (Å²) >= 11 is 0. The van der Waals surface area contributed by atoms with E-state index in [1.165, 1.54) is 22.3 Å². The maximum absolute atomic E-state index is 3.70. The molecule has 0 radical (unpaired) electrons. The second-order valence-corrected chi connectivity index (χ2v) is 5.33. The molecule has 19 heavy (non-hydrogen) atoms. The van der Waals surface area contributed by atoms with E-state index in [4.69, 9.17) is 0 Å². The molecule has 1 aliphatic heterocycles. The van der Waals surface area contributed by atoms with Crippen LogP contribution in [0.4, 0.5) is 0 Å². The van der Waals surface area contributed by atoms with Gasteiger partial charge in [-0.15, -0.1) is 12.4 Å². The molecule has 1 N–H and O–H groups in total. The highest BCUT2D eigenvalue weighted by atomic mass is 35.5. The van der Waals surface area contributed by atoms with Gasteiger partial charge < -0.3 is 5.32 Å². The lowest BCUT2D eigenvalue weighted by Crippen LogP contribution is -2.45. The number of hydrogen-bond acceptors (Lipinski definition) is 1. The monoisotopic (exact) mass is 273 g/mol. The minimum Gasteiger partial charge on any atom is -0.304 e. The van der Waals surface area contributed by atoms with Crippen LogP contribution in [-0.2, 0) is 12.0 Å². The van der Waals surface area contributed by atoms with Crippen molar-refractivity contribution in [2.75, 3.05) is 6.54 Å². The van der Waals surface area contributed by atoms with Gasteiger partial charge in [-0.3, -0.25) is 0 Å². The van der Waals surface area contributed by atoms with Crippen molar-refractivity contribution in [1.82, 2.24) is 5.32 Å². The van der Waals surface area contributed by atoms with Gasteiger partial charge in [-0.25, -0.2) is 0 Å². The summed E-state index contributed by atoms with van der Waals surface area (Å²) in [7, 11) is 0. The van der Waals surface area contributed by atoms with Gasteiger partial charge in [0.15, 0.2) is 0 Å². The normalized spacial score (nSPS) is 21.4. The second kappa shape index (κ2) is 5.36. The number of fused-ring (bicyclic) bond motifs is 1. The second-order valence-electron chi connectivity index (χ2n) is 5.33. The summed E-state index contributed by atoms with van der Waals surface area (Å²) in [6.45, 7) is 5.50. The van der Waals surface area contributed by atoms with Crippen LogP contribution in [0, 0.1) is 6.92 Å². The Hall–Kier alpha value is -1.31. The van der Waals surface area contributed by atoms with E-state index in [9.17, 15) is 0 Å². The van der Waals surface area contributed by atoms with E-state index >= 15 is 0 Å². The molecular weight excluding hydrogens is 254 g/mol. The quantitative estimate of drug-likeness (QED) is 0.833. The third kappa shape index (κ3) is 2.41. The number of nitrogens with one attached hydrogen (secondary N) is 1. The molecule has 2 aromatic carbocycles. The van der Waals surface area contributed by atoms with Gasteiger partial charge in [0.25, 0.3) is 0 Å². The van der Waals surface area contributed by atoms with E-state index in [2.05, 4.69) is 67.7 Å². The van der Waals surface area contributed by atoms with Gasteiger partial charge in [0.2, 0.25) is 0 Å². The fraction of sp³-hybridized carbons (Fsp3) is 0.294. The largest absolute Gasteiger partial charge is 0.304 e. The molecule has 1 nitrogen and oxygen atoms in total. The first-order valence-corrected chi connectivity index (χ1v) is 6.61. The molecule has 0 saturated carbocycles. The topological polar surface area (TPSA) is 12.0 Å². The fourth-order valence-corrected chi connectivity index (χ4v) is 2.95. The van der Waals surface area contributed by atoms with Crippen LogP contribution in [-0.4, -0.2) is 6.54 Å². The van der Waals surface area contributed by atoms with Gasteiger partial charge in [0, 0.05) is 6.54 Å². The molecule has 0 spiro atoms. The molecule has 100 valence electrons. The van der Waals surface area contributed by atoms with Crippen molar-refractivity contribution < 1.29 is 0 Å². The van der Waals surface area contributed by atoms with Gasteiger partial charge in [0.1, 0.15) is 0 Å². The van der Waals surface area contributed by atoms with Crippen molar-refractivity contribution in [3.8, 4) is 0 Å². The molecule has 1 heterocycles. The van der Waals surface area contributed by atoms with Crippen molar-refractivity contribution in [2.24, 2.45) is 0 Å². The number of hydrogen-bond donors (Lipinski definition) is 1. The van der Waals surface area contributed by atoms with E-state index < -0.39 is 0 Å². The Morgan fingerprint density at radius 1 is 1.05 bits per heavy atom. The van der Waals surface area contributed by atoms with Crippen LogP contribution in [0.1, 0.15) is 29.2 Å². The van der Waals surface area contributed by atoms with E-state index in [1.54, 1.807) is 0 Å². The maximum Gasteiger partial charge on any atom is 0.0664 e. The average molecular weight is 274 g/mol. The van der Waals surface area contributed by atoms with Crippen LogP contribution >= 0.6 is 12.4 Å². The molecule has 1 atom stereocenters. The molecule has 0 amide bonds. The van der Waals surface area contributed by atoms with Crippen molar-refractivity contribution in [1.29, 1.82) is 0 Å². The zero-order valence-electron chi connectivity index (χ0n) is 11.4. The van der Waals surface area contributed by atoms with Crippen LogP contribution in [0.5, 0.6) is 0 Å². The molecule has 0 aliphatic carbocycles. The van der Waals surface area contributed by atoms with Crippen LogP contribution in [0.2, 0.25) is 0 Å². The lowest BCUT2D eigenvalue weighted by atomic mass is 9.78. The Morgan fingerprint density at radius 3 is 2.53 bits per heavy atom. The first-order valence-electron chi connectivity index (χ1n) is 6.61. The van der Waals surface area contributed by atoms with E-state index in [0.29, 0.717) is 0 Å². The lowest BCUT2D eigenvalue weighted by Gasteiger charge is -2.38. The SMILES string of the molecule is Cc1ccc2c(c1)C(C)(c1ccccc1)NCC2.Cl. The van der Waals surface area contributed by atoms with Crippen LogP contribution < -0.4 is 5.32 Å². The van der Waals surface area contributed by atoms with Crippen molar-refractivity contribution in [3.05, 3.63) is 70.8 Å². The summed E-state index contributed by atoms with van der Waals surface area (Å²) in [5.74, 6) is 0. The highest BCUT2D eigenvalue weighted by molar-refractivity contribution is 5.85. The number of benzene rings is 2. The van der Waals surface area contributed by atoms with Crippen LogP contribution in [0.25, 0.3) is 0 Å².